The van der Waals surface area contributed by atoms with Crippen LogP contribution in [0.25, 0.3) is 0 Å². The zero-order chi connectivity index (χ0) is 18.9. The molecule has 0 saturated carbocycles. The van der Waals surface area contributed by atoms with E-state index in [2.05, 4.69) is 24.1 Å². The average molecular weight is 361 g/mol. The molecule has 6 nitrogen and oxygen atoms in total. The fraction of sp³-hybridized carbons (Fsp3) is 0.600. The number of nitrogens with two attached hydrogens (primary N) is 1. The molecule has 0 spiro atoms. The van der Waals surface area contributed by atoms with Crippen LogP contribution in [0.3, 0.4) is 0 Å². The molecule has 0 aliphatic carbocycles. The van der Waals surface area contributed by atoms with Crippen LogP contribution in [0.4, 0.5) is 0 Å². The van der Waals surface area contributed by atoms with E-state index in [9.17, 15) is 9.59 Å². The second-order valence-corrected chi connectivity index (χ2v) is 6.74. The van der Waals surface area contributed by atoms with Gasteiger partial charge in [0.25, 0.3) is 0 Å². The number of amides is 2. The molecule has 26 heavy (non-hydrogen) atoms. The van der Waals surface area contributed by atoms with E-state index in [0.717, 1.165) is 31.5 Å². The maximum atomic E-state index is 13.4. The van der Waals surface area contributed by atoms with Gasteiger partial charge >= 0.3 is 0 Å². The van der Waals surface area contributed by atoms with Crippen LogP contribution in [0, 0.1) is 5.92 Å². The molecule has 0 bridgehead atoms. The molecule has 1 fully saturated rings. The van der Waals surface area contributed by atoms with Crippen LogP contribution < -0.4 is 11.1 Å². The van der Waals surface area contributed by atoms with Crippen molar-refractivity contribution in [1.29, 1.82) is 0 Å². The third-order valence-electron chi connectivity index (χ3n) is 5.07. The van der Waals surface area contributed by atoms with E-state index in [4.69, 9.17) is 5.73 Å². The SMILES string of the molecule is CCN(CC)C(C(=O)N1CCCC(C(=O)NCCN)C1)c1ccccc1. The first-order chi connectivity index (χ1) is 12.6. The zero-order valence-corrected chi connectivity index (χ0v) is 16.0. The molecule has 0 aromatic heterocycles. The molecule has 0 radical (unpaired) electrons. The van der Waals surface area contributed by atoms with Gasteiger partial charge in [-0.1, -0.05) is 44.2 Å². The molecule has 1 heterocycles. The standard InChI is InChI=1S/C20H32N4O2/c1-3-23(4-2)18(16-9-6-5-7-10-16)20(26)24-14-8-11-17(15-24)19(25)22-13-12-21/h5-7,9-10,17-18H,3-4,8,11-15,21H2,1-2H3,(H,22,25). The Labute approximate surface area is 156 Å². The lowest BCUT2D eigenvalue weighted by Gasteiger charge is -2.37. The highest BCUT2D eigenvalue weighted by molar-refractivity contribution is 5.85. The maximum Gasteiger partial charge on any atom is 0.244 e. The predicted octanol–water partition coefficient (Wildman–Crippen LogP) is 1.38. The van der Waals surface area contributed by atoms with Crippen LogP contribution in [-0.4, -0.2) is 60.9 Å². The molecular weight excluding hydrogens is 328 g/mol. The van der Waals surface area contributed by atoms with Crippen LogP contribution >= 0.6 is 0 Å². The number of rotatable bonds is 8. The summed E-state index contributed by atoms with van der Waals surface area (Å²) in [6.07, 6.45) is 1.67. The van der Waals surface area contributed by atoms with E-state index in [1.54, 1.807) is 0 Å². The Hall–Kier alpha value is -1.92. The highest BCUT2D eigenvalue weighted by Gasteiger charge is 2.34. The van der Waals surface area contributed by atoms with Gasteiger partial charge in [0.15, 0.2) is 0 Å². The van der Waals surface area contributed by atoms with Crippen molar-refractivity contribution < 1.29 is 9.59 Å². The van der Waals surface area contributed by atoms with Crippen molar-refractivity contribution in [3.63, 3.8) is 0 Å². The van der Waals surface area contributed by atoms with Gasteiger partial charge in [-0.25, -0.2) is 0 Å². The molecule has 3 N–H and O–H groups in total. The van der Waals surface area contributed by atoms with Crippen molar-refractivity contribution in [3.8, 4) is 0 Å². The van der Waals surface area contributed by atoms with Crippen molar-refractivity contribution in [1.82, 2.24) is 15.1 Å². The van der Waals surface area contributed by atoms with Crippen LogP contribution in [0.1, 0.15) is 38.3 Å². The molecule has 1 aromatic carbocycles. The van der Waals surface area contributed by atoms with Crippen LogP contribution in [0.2, 0.25) is 0 Å². The third kappa shape index (κ3) is 5.05. The number of hydrogen-bond donors (Lipinski definition) is 2. The van der Waals surface area contributed by atoms with Crippen LogP contribution in [0.5, 0.6) is 0 Å². The summed E-state index contributed by atoms with van der Waals surface area (Å²) in [5.41, 5.74) is 6.48. The van der Waals surface area contributed by atoms with Crippen molar-refractivity contribution in [2.75, 3.05) is 39.3 Å². The minimum Gasteiger partial charge on any atom is -0.355 e. The van der Waals surface area contributed by atoms with Gasteiger partial charge in [-0.2, -0.15) is 0 Å². The number of carbonyl (C=O) groups is 2. The van der Waals surface area contributed by atoms with Crippen molar-refractivity contribution in [2.45, 2.75) is 32.7 Å². The molecule has 2 rings (SSSR count). The van der Waals surface area contributed by atoms with Gasteiger partial charge in [0.05, 0.1) is 5.92 Å². The Bertz CT molecular complexity index is 574. The number of benzene rings is 1. The van der Waals surface area contributed by atoms with E-state index in [-0.39, 0.29) is 23.8 Å². The molecule has 2 unspecified atom stereocenters. The Kier molecular flexibility index (Phi) is 8.06. The van der Waals surface area contributed by atoms with Gasteiger partial charge in [-0.15, -0.1) is 0 Å². The second kappa shape index (κ2) is 10.3. The Balaban J connectivity index is 2.15. The molecule has 2 atom stereocenters. The highest BCUT2D eigenvalue weighted by atomic mass is 16.2. The van der Waals surface area contributed by atoms with Gasteiger partial charge in [0, 0.05) is 26.2 Å². The summed E-state index contributed by atoms with van der Waals surface area (Å²) < 4.78 is 0. The quantitative estimate of drug-likeness (QED) is 0.734. The molecule has 1 aliphatic rings. The topological polar surface area (TPSA) is 78.7 Å². The zero-order valence-electron chi connectivity index (χ0n) is 16.0. The smallest absolute Gasteiger partial charge is 0.244 e. The number of piperidine rings is 1. The second-order valence-electron chi connectivity index (χ2n) is 6.74. The molecule has 1 aromatic rings. The fourth-order valence-electron chi connectivity index (χ4n) is 3.64. The summed E-state index contributed by atoms with van der Waals surface area (Å²) in [4.78, 5) is 29.7. The lowest BCUT2D eigenvalue weighted by molar-refractivity contribution is -0.140. The minimum atomic E-state index is -0.294. The molecule has 1 aliphatic heterocycles. The Morgan fingerprint density at radius 2 is 1.96 bits per heavy atom. The molecule has 6 heteroatoms. The third-order valence-corrected chi connectivity index (χ3v) is 5.07. The van der Waals surface area contributed by atoms with Gasteiger partial charge in [-0.3, -0.25) is 14.5 Å². The fourth-order valence-corrected chi connectivity index (χ4v) is 3.64. The van der Waals surface area contributed by atoms with E-state index in [1.807, 2.05) is 35.2 Å². The van der Waals surface area contributed by atoms with Gasteiger partial charge < -0.3 is 16.0 Å². The summed E-state index contributed by atoms with van der Waals surface area (Å²) in [5.74, 6) is -0.0457. The number of likely N-dealkylation sites (N-methyl/N-ethyl adjacent to an activating group) is 1. The average Bonchev–Trinajstić information content (AvgIpc) is 2.70. The van der Waals surface area contributed by atoms with E-state index >= 15 is 0 Å². The first-order valence-electron chi connectivity index (χ1n) is 9.67. The van der Waals surface area contributed by atoms with Crippen molar-refractivity contribution in [3.05, 3.63) is 35.9 Å². The number of carbonyl (C=O) groups excluding carboxylic acids is 2. The number of nitrogens with one attached hydrogen (secondary N) is 1. The summed E-state index contributed by atoms with van der Waals surface area (Å²) in [7, 11) is 0. The van der Waals surface area contributed by atoms with Crippen LogP contribution in [-0.2, 0) is 9.59 Å². The Morgan fingerprint density at radius 1 is 1.27 bits per heavy atom. The summed E-state index contributed by atoms with van der Waals surface area (Å²) in [5, 5.41) is 2.86. The molecule has 144 valence electrons. The molecule has 1 saturated heterocycles. The lowest BCUT2D eigenvalue weighted by Crippen LogP contribution is -2.50. The summed E-state index contributed by atoms with van der Waals surface area (Å²) >= 11 is 0. The van der Waals surface area contributed by atoms with Crippen LogP contribution in [0.15, 0.2) is 30.3 Å². The van der Waals surface area contributed by atoms with Crippen molar-refractivity contribution in [2.24, 2.45) is 11.7 Å². The molecule has 2 amide bonds. The maximum absolute atomic E-state index is 13.4. The first kappa shape index (κ1) is 20.4. The number of nitrogens with zero attached hydrogens (tertiary/aromatic N) is 2. The van der Waals surface area contributed by atoms with E-state index < -0.39 is 0 Å². The summed E-state index contributed by atoms with van der Waals surface area (Å²) in [6.45, 7) is 7.86. The van der Waals surface area contributed by atoms with Gasteiger partial charge in [-0.05, 0) is 31.5 Å². The van der Waals surface area contributed by atoms with Gasteiger partial charge in [0.1, 0.15) is 6.04 Å². The molecular formula is C20H32N4O2. The van der Waals surface area contributed by atoms with Gasteiger partial charge in [0.2, 0.25) is 11.8 Å². The number of likely N-dealkylation sites (tertiary alicyclic amines) is 1. The Morgan fingerprint density at radius 3 is 2.58 bits per heavy atom. The predicted molar refractivity (Wildman–Crippen MR) is 103 cm³/mol. The van der Waals surface area contributed by atoms with E-state index in [1.165, 1.54) is 0 Å². The van der Waals surface area contributed by atoms with E-state index in [0.29, 0.717) is 26.2 Å². The highest BCUT2D eigenvalue weighted by Crippen LogP contribution is 2.26. The largest absolute Gasteiger partial charge is 0.355 e. The normalized spacial score (nSPS) is 18.6. The lowest BCUT2D eigenvalue weighted by atomic mass is 9.95. The monoisotopic (exact) mass is 360 g/mol. The first-order valence-corrected chi connectivity index (χ1v) is 9.67. The minimum absolute atomic E-state index is 0.00653. The summed E-state index contributed by atoms with van der Waals surface area (Å²) in [6, 6.07) is 9.63. The number of hydrogen-bond acceptors (Lipinski definition) is 4. The van der Waals surface area contributed by atoms with Crippen molar-refractivity contribution >= 4 is 11.8 Å².